The van der Waals surface area contributed by atoms with Crippen LogP contribution in [0.15, 0.2) is 24.3 Å². The van der Waals surface area contributed by atoms with Crippen molar-refractivity contribution >= 4 is 9.84 Å². The van der Waals surface area contributed by atoms with Crippen LogP contribution in [0.3, 0.4) is 0 Å². The van der Waals surface area contributed by atoms with Gasteiger partial charge < -0.3 is 10.1 Å². The van der Waals surface area contributed by atoms with Crippen LogP contribution in [0.5, 0.6) is 5.75 Å². The van der Waals surface area contributed by atoms with Crippen molar-refractivity contribution in [3.63, 3.8) is 0 Å². The van der Waals surface area contributed by atoms with E-state index in [1.807, 2.05) is 38.1 Å². The lowest BCUT2D eigenvalue weighted by atomic mass is 10.1. The molecule has 2 rings (SSSR count). The van der Waals surface area contributed by atoms with Gasteiger partial charge in [-0.05, 0) is 38.5 Å². The highest BCUT2D eigenvalue weighted by Crippen LogP contribution is 2.24. The van der Waals surface area contributed by atoms with Crippen LogP contribution in [0.2, 0.25) is 0 Å². The lowest BCUT2D eigenvalue weighted by molar-refractivity contribution is 0.242. The quantitative estimate of drug-likeness (QED) is 0.921. The minimum atomic E-state index is -2.98. The van der Waals surface area contributed by atoms with E-state index in [9.17, 15) is 8.42 Å². The molecule has 1 aliphatic heterocycles. The average Bonchev–Trinajstić information content (AvgIpc) is 2.33. The summed E-state index contributed by atoms with van der Waals surface area (Å²) < 4.78 is 29.4. The van der Waals surface area contributed by atoms with Gasteiger partial charge in [-0.25, -0.2) is 8.42 Å². The van der Waals surface area contributed by atoms with Gasteiger partial charge in [0, 0.05) is 12.6 Å². The first-order chi connectivity index (χ1) is 8.88. The molecule has 1 aliphatic rings. The number of ether oxygens (including phenoxy) is 1. The Morgan fingerprint density at radius 3 is 2.42 bits per heavy atom. The number of sulfone groups is 1. The van der Waals surface area contributed by atoms with Gasteiger partial charge in [-0.1, -0.05) is 12.1 Å². The van der Waals surface area contributed by atoms with Crippen molar-refractivity contribution in [3.8, 4) is 5.75 Å². The Hall–Kier alpha value is -1.07. The van der Waals surface area contributed by atoms with E-state index in [0.717, 1.165) is 11.3 Å². The largest absolute Gasteiger partial charge is 0.491 e. The van der Waals surface area contributed by atoms with E-state index in [0.29, 0.717) is 6.54 Å². The number of rotatable bonds is 3. The first-order valence-corrected chi connectivity index (χ1v) is 8.31. The Bertz CT molecular complexity index is 522. The van der Waals surface area contributed by atoms with Crippen LogP contribution < -0.4 is 10.1 Å². The molecular weight excluding hydrogens is 262 g/mol. The standard InChI is InChI=1S/C14H21NO3S/c1-10(2)18-13-6-4-12(5-7-13)14-9-19(16,17)11(3)8-15-14/h4-7,10-11,14-15H,8-9H2,1-3H3. The predicted octanol–water partition coefficient (Wildman–Crippen LogP) is 1.92. The summed E-state index contributed by atoms with van der Waals surface area (Å²) in [6, 6.07) is 7.53. The normalized spacial score (nSPS) is 26.3. The second kappa shape index (κ2) is 5.51. The number of benzene rings is 1. The van der Waals surface area contributed by atoms with Gasteiger partial charge in [0.15, 0.2) is 9.84 Å². The summed E-state index contributed by atoms with van der Waals surface area (Å²) >= 11 is 0. The van der Waals surface area contributed by atoms with Gasteiger partial charge in [-0.2, -0.15) is 0 Å². The Labute approximate surface area is 115 Å². The molecule has 1 fully saturated rings. The summed E-state index contributed by atoms with van der Waals surface area (Å²) in [6.45, 7) is 6.21. The molecular formula is C14H21NO3S. The highest BCUT2D eigenvalue weighted by atomic mass is 32.2. The van der Waals surface area contributed by atoms with E-state index < -0.39 is 9.84 Å². The van der Waals surface area contributed by atoms with Crippen LogP contribution in [0.4, 0.5) is 0 Å². The third-order valence-corrected chi connectivity index (χ3v) is 5.51. The third-order valence-electron chi connectivity index (χ3n) is 3.32. The maximum atomic E-state index is 11.9. The van der Waals surface area contributed by atoms with Gasteiger partial charge in [0.1, 0.15) is 5.75 Å². The van der Waals surface area contributed by atoms with Gasteiger partial charge in [0.05, 0.1) is 17.1 Å². The van der Waals surface area contributed by atoms with Gasteiger partial charge in [0.25, 0.3) is 0 Å². The molecule has 0 spiro atoms. The molecule has 19 heavy (non-hydrogen) atoms. The van der Waals surface area contributed by atoms with E-state index in [1.165, 1.54) is 0 Å². The Morgan fingerprint density at radius 1 is 1.26 bits per heavy atom. The first kappa shape index (κ1) is 14.3. The minimum absolute atomic E-state index is 0.116. The molecule has 0 bridgehead atoms. The summed E-state index contributed by atoms with van der Waals surface area (Å²) in [5.74, 6) is 0.976. The minimum Gasteiger partial charge on any atom is -0.491 e. The van der Waals surface area contributed by atoms with Crippen molar-refractivity contribution in [2.24, 2.45) is 0 Å². The SMILES string of the molecule is CC(C)Oc1ccc(C2CS(=O)(=O)C(C)CN2)cc1. The van der Waals surface area contributed by atoms with E-state index in [4.69, 9.17) is 4.74 Å². The predicted molar refractivity (Wildman–Crippen MR) is 76.2 cm³/mol. The fourth-order valence-electron chi connectivity index (χ4n) is 2.16. The molecule has 0 amide bonds. The monoisotopic (exact) mass is 283 g/mol. The molecule has 2 atom stereocenters. The van der Waals surface area contributed by atoms with Crippen molar-refractivity contribution in [2.75, 3.05) is 12.3 Å². The zero-order valence-electron chi connectivity index (χ0n) is 11.6. The molecule has 1 N–H and O–H groups in total. The van der Waals surface area contributed by atoms with E-state index >= 15 is 0 Å². The summed E-state index contributed by atoms with van der Waals surface area (Å²) in [6.07, 6.45) is 0.139. The molecule has 1 aromatic rings. The van der Waals surface area contributed by atoms with Crippen LogP contribution in [-0.4, -0.2) is 32.1 Å². The summed E-state index contributed by atoms with van der Waals surface area (Å²) in [5.41, 5.74) is 0.992. The maximum absolute atomic E-state index is 11.9. The van der Waals surface area contributed by atoms with Gasteiger partial charge >= 0.3 is 0 Å². The highest BCUT2D eigenvalue weighted by molar-refractivity contribution is 7.92. The lowest BCUT2D eigenvalue weighted by Crippen LogP contribution is -2.44. The van der Waals surface area contributed by atoms with E-state index in [-0.39, 0.29) is 23.1 Å². The van der Waals surface area contributed by atoms with Crippen LogP contribution in [0, 0.1) is 0 Å². The fraction of sp³-hybridized carbons (Fsp3) is 0.571. The van der Waals surface area contributed by atoms with E-state index in [1.54, 1.807) is 6.92 Å². The van der Waals surface area contributed by atoms with Crippen molar-refractivity contribution in [1.29, 1.82) is 0 Å². The summed E-state index contributed by atoms with van der Waals surface area (Å²) in [4.78, 5) is 0. The molecule has 1 saturated heterocycles. The molecule has 0 aromatic heterocycles. The topological polar surface area (TPSA) is 55.4 Å². The van der Waals surface area contributed by atoms with Crippen LogP contribution >= 0.6 is 0 Å². The zero-order chi connectivity index (χ0) is 14.0. The van der Waals surface area contributed by atoms with Crippen LogP contribution in [0.1, 0.15) is 32.4 Å². The second-order valence-corrected chi connectivity index (χ2v) is 7.80. The Morgan fingerprint density at radius 2 is 1.89 bits per heavy atom. The maximum Gasteiger partial charge on any atom is 0.156 e. The van der Waals surface area contributed by atoms with Crippen molar-refractivity contribution < 1.29 is 13.2 Å². The molecule has 1 heterocycles. The molecule has 1 aromatic carbocycles. The molecule has 4 nitrogen and oxygen atoms in total. The molecule has 0 saturated carbocycles. The smallest absolute Gasteiger partial charge is 0.156 e. The highest BCUT2D eigenvalue weighted by Gasteiger charge is 2.31. The van der Waals surface area contributed by atoms with Gasteiger partial charge in [-0.3, -0.25) is 0 Å². The van der Waals surface area contributed by atoms with E-state index in [2.05, 4.69) is 5.32 Å². The second-order valence-electron chi connectivity index (χ2n) is 5.34. The number of hydrogen-bond donors (Lipinski definition) is 1. The van der Waals surface area contributed by atoms with Crippen molar-refractivity contribution in [3.05, 3.63) is 29.8 Å². The first-order valence-electron chi connectivity index (χ1n) is 6.60. The number of nitrogens with one attached hydrogen (secondary N) is 1. The molecule has 106 valence electrons. The lowest BCUT2D eigenvalue weighted by Gasteiger charge is -2.28. The fourth-order valence-corrected chi connectivity index (χ4v) is 3.61. The Kier molecular flexibility index (Phi) is 4.16. The zero-order valence-corrected chi connectivity index (χ0v) is 12.4. The van der Waals surface area contributed by atoms with Crippen LogP contribution in [-0.2, 0) is 9.84 Å². The van der Waals surface area contributed by atoms with Crippen molar-refractivity contribution in [2.45, 2.75) is 38.2 Å². The third kappa shape index (κ3) is 3.48. The summed E-state index contributed by atoms with van der Waals surface area (Å²) in [5, 5.41) is 2.98. The van der Waals surface area contributed by atoms with Crippen LogP contribution in [0.25, 0.3) is 0 Å². The van der Waals surface area contributed by atoms with Crippen molar-refractivity contribution in [1.82, 2.24) is 5.32 Å². The van der Waals surface area contributed by atoms with Gasteiger partial charge in [0.2, 0.25) is 0 Å². The molecule has 0 aliphatic carbocycles. The molecule has 5 heteroatoms. The molecule has 0 radical (unpaired) electrons. The number of hydrogen-bond acceptors (Lipinski definition) is 4. The average molecular weight is 283 g/mol. The van der Waals surface area contributed by atoms with Gasteiger partial charge in [-0.15, -0.1) is 0 Å². The summed E-state index contributed by atoms with van der Waals surface area (Å²) in [7, 11) is -2.98. The molecule has 2 unspecified atom stereocenters. The Balaban J connectivity index is 2.11.